The number of benzene rings is 1. The summed E-state index contributed by atoms with van der Waals surface area (Å²) in [5.74, 6) is 0.434. The Morgan fingerprint density at radius 3 is 2.53 bits per heavy atom. The van der Waals surface area contributed by atoms with Crippen LogP contribution in [0.15, 0.2) is 24.3 Å². The Morgan fingerprint density at radius 1 is 1.26 bits per heavy atom. The fourth-order valence-electron chi connectivity index (χ4n) is 2.23. The number of nitrogens with one attached hydrogen (secondary N) is 1. The lowest BCUT2D eigenvalue weighted by atomic mass is 9.98. The van der Waals surface area contributed by atoms with Crippen molar-refractivity contribution >= 4 is 0 Å². The molecule has 0 amide bonds. The van der Waals surface area contributed by atoms with Gasteiger partial charge in [-0.05, 0) is 36.6 Å². The van der Waals surface area contributed by atoms with Crippen molar-refractivity contribution in [3.05, 3.63) is 35.4 Å². The molecular weight excluding hydrogens is 255 g/mol. The van der Waals surface area contributed by atoms with Crippen LogP contribution in [-0.4, -0.2) is 19.2 Å². The molecule has 0 unspecified atom stereocenters. The maximum absolute atomic E-state index is 12.4. The van der Waals surface area contributed by atoms with Gasteiger partial charge in [0.2, 0.25) is 0 Å². The zero-order valence-electron chi connectivity index (χ0n) is 10.8. The van der Waals surface area contributed by atoms with Gasteiger partial charge in [-0.15, -0.1) is 0 Å². The summed E-state index contributed by atoms with van der Waals surface area (Å²) < 4.78 is 43.0. The summed E-state index contributed by atoms with van der Waals surface area (Å²) in [6, 6.07) is 5.16. The van der Waals surface area contributed by atoms with Crippen LogP contribution in [0.2, 0.25) is 0 Å². The molecule has 1 saturated heterocycles. The third kappa shape index (κ3) is 3.94. The average Bonchev–Trinajstić information content (AvgIpc) is 2.37. The molecule has 0 spiro atoms. The predicted molar refractivity (Wildman–Crippen MR) is 66.7 cm³/mol. The highest BCUT2D eigenvalue weighted by atomic mass is 19.4. The molecule has 1 aliphatic heterocycles. The second-order valence-corrected chi connectivity index (χ2v) is 5.01. The van der Waals surface area contributed by atoms with Crippen LogP contribution in [0.4, 0.5) is 13.2 Å². The Balaban J connectivity index is 1.89. The molecule has 2 atom stereocenters. The number of piperidine rings is 1. The molecule has 2 nitrogen and oxygen atoms in total. The molecule has 0 saturated carbocycles. The molecule has 1 fully saturated rings. The van der Waals surface area contributed by atoms with Crippen LogP contribution < -0.4 is 5.32 Å². The van der Waals surface area contributed by atoms with Crippen LogP contribution in [-0.2, 0) is 17.5 Å². The smallest absolute Gasteiger partial charge is 0.373 e. The van der Waals surface area contributed by atoms with E-state index in [4.69, 9.17) is 4.74 Å². The van der Waals surface area contributed by atoms with Gasteiger partial charge in [-0.2, -0.15) is 13.2 Å². The highest BCUT2D eigenvalue weighted by Gasteiger charge is 2.30. The van der Waals surface area contributed by atoms with Crippen molar-refractivity contribution in [3.8, 4) is 0 Å². The van der Waals surface area contributed by atoms with E-state index >= 15 is 0 Å². The molecule has 1 aromatic rings. The number of ether oxygens (including phenoxy) is 1. The summed E-state index contributed by atoms with van der Waals surface area (Å²) in [7, 11) is 0. The minimum Gasteiger partial charge on any atom is -0.373 e. The molecule has 0 radical (unpaired) electrons. The Bertz CT molecular complexity index is 402. The van der Waals surface area contributed by atoms with Gasteiger partial charge in [-0.25, -0.2) is 0 Å². The van der Waals surface area contributed by atoms with E-state index in [1.165, 1.54) is 12.1 Å². The predicted octanol–water partition coefficient (Wildman–Crippen LogP) is 3.22. The molecule has 5 heteroatoms. The topological polar surface area (TPSA) is 21.3 Å². The van der Waals surface area contributed by atoms with E-state index in [0.29, 0.717) is 12.5 Å². The lowest BCUT2D eigenvalue weighted by Gasteiger charge is -2.29. The minimum atomic E-state index is -4.27. The Hall–Kier alpha value is -1.07. The first-order chi connectivity index (χ1) is 8.97. The Morgan fingerprint density at radius 2 is 1.95 bits per heavy atom. The average molecular weight is 273 g/mol. The number of rotatable bonds is 3. The molecule has 19 heavy (non-hydrogen) atoms. The SMILES string of the molecule is C[C@@H]1CNCC[C@@H]1OCc1ccc(C(F)(F)F)cc1. The van der Waals surface area contributed by atoms with Gasteiger partial charge in [0.15, 0.2) is 0 Å². The second kappa shape index (κ2) is 5.92. The lowest BCUT2D eigenvalue weighted by molar-refractivity contribution is -0.137. The van der Waals surface area contributed by atoms with Crippen molar-refractivity contribution in [2.75, 3.05) is 13.1 Å². The summed E-state index contributed by atoms with van der Waals surface area (Å²) in [6.07, 6.45) is -3.14. The summed E-state index contributed by atoms with van der Waals surface area (Å²) >= 11 is 0. The van der Waals surface area contributed by atoms with Crippen LogP contribution in [0.5, 0.6) is 0 Å². The minimum absolute atomic E-state index is 0.184. The zero-order chi connectivity index (χ0) is 13.9. The quantitative estimate of drug-likeness (QED) is 0.913. The van der Waals surface area contributed by atoms with E-state index in [0.717, 1.165) is 37.2 Å². The lowest BCUT2D eigenvalue weighted by Crippen LogP contribution is -2.39. The Labute approximate surface area is 111 Å². The first-order valence-electron chi connectivity index (χ1n) is 6.45. The summed E-state index contributed by atoms with van der Waals surface area (Å²) in [5.41, 5.74) is 0.158. The number of hydrogen-bond acceptors (Lipinski definition) is 2. The van der Waals surface area contributed by atoms with E-state index in [1.807, 2.05) is 0 Å². The van der Waals surface area contributed by atoms with E-state index in [2.05, 4.69) is 12.2 Å². The van der Waals surface area contributed by atoms with Crippen LogP contribution in [0.25, 0.3) is 0 Å². The molecular formula is C14H18F3NO. The highest BCUT2D eigenvalue weighted by Crippen LogP contribution is 2.29. The van der Waals surface area contributed by atoms with E-state index < -0.39 is 11.7 Å². The summed E-state index contributed by atoms with van der Waals surface area (Å²) in [5, 5.41) is 3.28. The fraction of sp³-hybridized carbons (Fsp3) is 0.571. The van der Waals surface area contributed by atoms with Gasteiger partial charge >= 0.3 is 6.18 Å². The maximum Gasteiger partial charge on any atom is 0.416 e. The summed E-state index contributed by atoms with van der Waals surface area (Å²) in [6.45, 7) is 4.34. The van der Waals surface area contributed by atoms with E-state index in [1.54, 1.807) is 0 Å². The van der Waals surface area contributed by atoms with Gasteiger partial charge in [-0.1, -0.05) is 19.1 Å². The molecule has 2 rings (SSSR count). The van der Waals surface area contributed by atoms with Crippen molar-refractivity contribution in [1.29, 1.82) is 0 Å². The molecule has 106 valence electrons. The third-order valence-electron chi connectivity index (χ3n) is 3.45. The monoisotopic (exact) mass is 273 g/mol. The molecule has 0 bridgehead atoms. The molecule has 0 aromatic heterocycles. The number of halogens is 3. The van der Waals surface area contributed by atoms with Crippen LogP contribution in [0.1, 0.15) is 24.5 Å². The number of alkyl halides is 3. The standard InChI is InChI=1S/C14H18F3NO/c1-10-8-18-7-6-13(10)19-9-11-2-4-12(5-3-11)14(15,16)17/h2-5,10,13,18H,6-9H2,1H3/t10-,13+/m1/s1. The van der Waals surface area contributed by atoms with Gasteiger partial charge in [0.1, 0.15) is 0 Å². The first-order valence-corrected chi connectivity index (χ1v) is 6.45. The Kier molecular flexibility index (Phi) is 4.47. The second-order valence-electron chi connectivity index (χ2n) is 5.01. The van der Waals surface area contributed by atoms with Gasteiger partial charge in [0.25, 0.3) is 0 Å². The normalized spacial score (nSPS) is 24.4. The van der Waals surface area contributed by atoms with Crippen molar-refractivity contribution in [2.45, 2.75) is 32.2 Å². The largest absolute Gasteiger partial charge is 0.416 e. The zero-order valence-corrected chi connectivity index (χ0v) is 10.8. The molecule has 1 heterocycles. The van der Waals surface area contributed by atoms with Crippen molar-refractivity contribution < 1.29 is 17.9 Å². The van der Waals surface area contributed by atoms with Gasteiger partial charge in [0.05, 0.1) is 18.3 Å². The van der Waals surface area contributed by atoms with E-state index in [9.17, 15) is 13.2 Å². The van der Waals surface area contributed by atoms with Crippen molar-refractivity contribution in [3.63, 3.8) is 0 Å². The molecule has 1 aromatic carbocycles. The first kappa shape index (κ1) is 14.3. The molecule has 1 aliphatic rings. The highest BCUT2D eigenvalue weighted by molar-refractivity contribution is 5.24. The molecule has 1 N–H and O–H groups in total. The summed E-state index contributed by atoms with van der Waals surface area (Å²) in [4.78, 5) is 0. The van der Waals surface area contributed by atoms with Crippen LogP contribution in [0.3, 0.4) is 0 Å². The number of hydrogen-bond donors (Lipinski definition) is 1. The maximum atomic E-state index is 12.4. The van der Waals surface area contributed by atoms with Crippen molar-refractivity contribution in [1.82, 2.24) is 5.32 Å². The van der Waals surface area contributed by atoms with Gasteiger partial charge in [-0.3, -0.25) is 0 Å². The third-order valence-corrected chi connectivity index (χ3v) is 3.45. The van der Waals surface area contributed by atoms with Gasteiger partial charge in [0, 0.05) is 6.54 Å². The fourth-order valence-corrected chi connectivity index (χ4v) is 2.23. The van der Waals surface area contributed by atoms with Gasteiger partial charge < -0.3 is 10.1 Å². The van der Waals surface area contributed by atoms with Crippen LogP contribution in [0, 0.1) is 5.92 Å². The van der Waals surface area contributed by atoms with Crippen molar-refractivity contribution in [2.24, 2.45) is 5.92 Å². The molecule has 0 aliphatic carbocycles. The van der Waals surface area contributed by atoms with E-state index in [-0.39, 0.29) is 6.10 Å². The van der Waals surface area contributed by atoms with Crippen LogP contribution >= 0.6 is 0 Å².